The van der Waals surface area contributed by atoms with E-state index in [0.29, 0.717) is 6.07 Å². The molecule has 2 aromatic rings. The fourth-order valence-corrected chi connectivity index (χ4v) is 2.02. The van der Waals surface area contributed by atoms with Gasteiger partial charge in [-0.2, -0.15) is 18.3 Å². The molecule has 0 aliphatic heterocycles. The van der Waals surface area contributed by atoms with Crippen LogP contribution in [0.25, 0.3) is 0 Å². The van der Waals surface area contributed by atoms with E-state index in [-0.39, 0.29) is 11.4 Å². The number of hydrogen-bond acceptors (Lipinski definition) is 2. The van der Waals surface area contributed by atoms with Crippen LogP contribution in [-0.4, -0.2) is 15.7 Å². The van der Waals surface area contributed by atoms with Gasteiger partial charge in [0.15, 0.2) is 5.69 Å². The average Bonchev–Trinajstić information content (AvgIpc) is 2.70. The van der Waals surface area contributed by atoms with Crippen LogP contribution in [0.15, 0.2) is 18.2 Å². The number of amides is 1. The number of nitrogens with zero attached hydrogens (tertiary/aromatic N) is 2. The van der Waals surface area contributed by atoms with Crippen molar-refractivity contribution in [3.8, 4) is 0 Å². The summed E-state index contributed by atoms with van der Waals surface area (Å²) >= 11 is 5.55. The van der Waals surface area contributed by atoms with E-state index in [2.05, 4.69) is 10.4 Å². The zero-order chi connectivity index (χ0) is 17.4. The van der Waals surface area contributed by atoms with E-state index in [1.807, 2.05) is 0 Å². The van der Waals surface area contributed by atoms with Crippen molar-refractivity contribution in [2.75, 3.05) is 5.32 Å². The molecule has 1 N–H and O–H groups in total. The van der Waals surface area contributed by atoms with Crippen LogP contribution >= 0.6 is 11.6 Å². The van der Waals surface area contributed by atoms with Gasteiger partial charge in [-0.25, -0.2) is 8.78 Å². The van der Waals surface area contributed by atoms with E-state index in [1.165, 1.54) is 6.92 Å². The minimum atomic E-state index is -4.76. The van der Waals surface area contributed by atoms with Crippen LogP contribution in [0.5, 0.6) is 0 Å². The molecule has 0 saturated carbocycles. The molecule has 2 rings (SSSR count). The first-order valence-corrected chi connectivity index (χ1v) is 6.52. The number of benzene rings is 1. The second kappa shape index (κ2) is 6.15. The van der Waals surface area contributed by atoms with Crippen LogP contribution in [-0.2, 0) is 17.5 Å². The number of anilines is 1. The summed E-state index contributed by atoms with van der Waals surface area (Å²) in [6.07, 6.45) is -4.76. The number of carbonyl (C=O) groups is 1. The Kier molecular flexibility index (Phi) is 4.60. The second-order valence-electron chi connectivity index (χ2n) is 4.58. The van der Waals surface area contributed by atoms with Gasteiger partial charge in [0.2, 0.25) is 5.91 Å². The highest BCUT2D eigenvalue weighted by molar-refractivity contribution is 6.32. The lowest BCUT2D eigenvalue weighted by Crippen LogP contribution is -2.21. The molecule has 0 fully saturated rings. The maximum atomic E-state index is 13.4. The van der Waals surface area contributed by atoms with Gasteiger partial charge in [0.1, 0.15) is 18.2 Å². The summed E-state index contributed by atoms with van der Waals surface area (Å²) in [6, 6.07) is 2.48. The van der Waals surface area contributed by atoms with Crippen LogP contribution in [0.1, 0.15) is 11.4 Å². The number of hydrogen-bond donors (Lipinski definition) is 1. The molecule has 124 valence electrons. The molecule has 23 heavy (non-hydrogen) atoms. The fourth-order valence-electron chi connectivity index (χ4n) is 1.78. The van der Waals surface area contributed by atoms with Crippen LogP contribution in [0, 0.1) is 18.6 Å². The summed E-state index contributed by atoms with van der Waals surface area (Å²) in [7, 11) is 0. The third-order valence-corrected chi connectivity index (χ3v) is 3.35. The number of alkyl halides is 3. The van der Waals surface area contributed by atoms with Gasteiger partial charge in [-0.3, -0.25) is 9.48 Å². The van der Waals surface area contributed by atoms with Crippen molar-refractivity contribution in [2.24, 2.45) is 0 Å². The van der Waals surface area contributed by atoms with Gasteiger partial charge >= 0.3 is 6.18 Å². The van der Waals surface area contributed by atoms with Crippen LogP contribution in [0.2, 0.25) is 5.02 Å². The van der Waals surface area contributed by atoms with Crippen molar-refractivity contribution < 1.29 is 26.7 Å². The molecule has 0 saturated heterocycles. The van der Waals surface area contributed by atoms with Crippen molar-refractivity contribution in [3.63, 3.8) is 0 Å². The number of carbonyl (C=O) groups excluding carboxylic acids is 1. The van der Waals surface area contributed by atoms with Gasteiger partial charge in [0.25, 0.3) is 0 Å². The summed E-state index contributed by atoms with van der Waals surface area (Å²) in [5, 5.41) is 4.75. The second-order valence-corrected chi connectivity index (χ2v) is 4.95. The van der Waals surface area contributed by atoms with E-state index in [9.17, 15) is 26.7 Å². The smallest absolute Gasteiger partial charge is 0.322 e. The SMILES string of the molecule is Cc1c(Cl)c(C(F)(F)F)nn1CC(=O)Nc1ccc(F)cc1F. The van der Waals surface area contributed by atoms with Gasteiger partial charge in [0, 0.05) is 6.07 Å². The molecule has 0 bridgehead atoms. The Balaban J connectivity index is 2.18. The number of aromatic nitrogens is 2. The minimum absolute atomic E-state index is 0.0614. The van der Waals surface area contributed by atoms with Gasteiger partial charge in [-0.1, -0.05) is 11.6 Å². The van der Waals surface area contributed by atoms with Crippen molar-refractivity contribution in [1.29, 1.82) is 0 Å². The molecule has 0 aliphatic rings. The minimum Gasteiger partial charge on any atom is -0.322 e. The molecule has 4 nitrogen and oxygen atoms in total. The standard InChI is InChI=1S/C13H9ClF5N3O/c1-6-11(14)12(13(17,18)19)21-22(6)5-10(23)20-9-3-2-7(15)4-8(9)16/h2-4H,5H2,1H3,(H,20,23). The van der Waals surface area contributed by atoms with Gasteiger partial charge < -0.3 is 5.32 Å². The third kappa shape index (κ3) is 3.79. The number of nitrogens with one attached hydrogen (secondary N) is 1. The first-order chi connectivity index (χ1) is 10.6. The van der Waals surface area contributed by atoms with E-state index in [4.69, 9.17) is 11.6 Å². The molecule has 0 unspecified atom stereocenters. The van der Waals surface area contributed by atoms with Crippen LogP contribution < -0.4 is 5.32 Å². The fraction of sp³-hybridized carbons (Fsp3) is 0.231. The predicted octanol–water partition coefficient (Wildman–Crippen LogP) is 3.78. The topological polar surface area (TPSA) is 46.9 Å². The largest absolute Gasteiger partial charge is 0.436 e. The Morgan fingerprint density at radius 2 is 2.00 bits per heavy atom. The van der Waals surface area contributed by atoms with Crippen molar-refractivity contribution in [3.05, 3.63) is 46.2 Å². The van der Waals surface area contributed by atoms with Gasteiger partial charge in [0.05, 0.1) is 16.4 Å². The van der Waals surface area contributed by atoms with E-state index >= 15 is 0 Å². The van der Waals surface area contributed by atoms with Crippen molar-refractivity contribution in [2.45, 2.75) is 19.6 Å². The molecule has 1 aromatic heterocycles. The Labute approximate surface area is 131 Å². The Hall–Kier alpha value is -2.16. The van der Waals surface area contributed by atoms with Crippen molar-refractivity contribution in [1.82, 2.24) is 9.78 Å². The molecule has 0 spiro atoms. The maximum Gasteiger partial charge on any atom is 0.436 e. The lowest BCUT2D eigenvalue weighted by atomic mass is 10.3. The highest BCUT2D eigenvalue weighted by atomic mass is 35.5. The summed E-state index contributed by atoms with van der Waals surface area (Å²) in [5.74, 6) is -2.68. The molecular weight excluding hydrogens is 345 g/mol. The van der Waals surface area contributed by atoms with E-state index < -0.39 is 41.0 Å². The zero-order valence-corrected chi connectivity index (χ0v) is 12.3. The first-order valence-electron chi connectivity index (χ1n) is 6.14. The molecule has 1 amide bonds. The quantitative estimate of drug-likeness (QED) is 0.854. The lowest BCUT2D eigenvalue weighted by Gasteiger charge is -2.08. The summed E-state index contributed by atoms with van der Waals surface area (Å²) in [4.78, 5) is 11.8. The highest BCUT2D eigenvalue weighted by Crippen LogP contribution is 2.35. The Morgan fingerprint density at radius 3 is 2.52 bits per heavy atom. The van der Waals surface area contributed by atoms with Crippen LogP contribution in [0.3, 0.4) is 0 Å². The first kappa shape index (κ1) is 17.2. The van der Waals surface area contributed by atoms with Gasteiger partial charge in [-0.15, -0.1) is 0 Å². The summed E-state index contributed by atoms with van der Waals surface area (Å²) in [6.45, 7) is 0.648. The summed E-state index contributed by atoms with van der Waals surface area (Å²) < 4.78 is 64.9. The van der Waals surface area contributed by atoms with E-state index in [1.54, 1.807) is 0 Å². The third-order valence-electron chi connectivity index (χ3n) is 2.90. The number of halogens is 6. The molecular formula is C13H9ClF5N3O. The Morgan fingerprint density at radius 1 is 1.35 bits per heavy atom. The van der Waals surface area contributed by atoms with Gasteiger partial charge in [-0.05, 0) is 19.1 Å². The molecule has 10 heteroatoms. The van der Waals surface area contributed by atoms with Crippen molar-refractivity contribution >= 4 is 23.2 Å². The Bertz CT molecular complexity index is 757. The summed E-state index contributed by atoms with van der Waals surface area (Å²) in [5.41, 5.74) is -1.67. The van der Waals surface area contributed by atoms with Crippen LogP contribution in [0.4, 0.5) is 27.6 Å². The normalized spacial score (nSPS) is 11.6. The molecule has 0 radical (unpaired) electrons. The average molecular weight is 354 g/mol. The maximum absolute atomic E-state index is 13.4. The number of rotatable bonds is 3. The molecule has 0 aliphatic carbocycles. The molecule has 1 aromatic carbocycles. The monoisotopic (exact) mass is 353 g/mol. The predicted molar refractivity (Wildman–Crippen MR) is 72.0 cm³/mol. The zero-order valence-electron chi connectivity index (χ0n) is 11.5. The molecule has 0 atom stereocenters. The molecule has 1 heterocycles. The highest BCUT2D eigenvalue weighted by Gasteiger charge is 2.38. The van der Waals surface area contributed by atoms with E-state index in [0.717, 1.165) is 16.8 Å². The lowest BCUT2D eigenvalue weighted by molar-refractivity contribution is -0.141.